The van der Waals surface area contributed by atoms with Gasteiger partial charge in [-0.1, -0.05) is 6.07 Å². The van der Waals surface area contributed by atoms with Crippen molar-refractivity contribution in [1.29, 1.82) is 0 Å². The standard InChI is InChI=1S/C16H23N3O/c1-18(2)16(20)12-4-3-5-13(10-12)17-14-8-9-19(11-14)15-6-7-15/h3-5,10,14-15,17H,6-9,11H2,1-2H3. The van der Waals surface area contributed by atoms with Crippen molar-refractivity contribution in [1.82, 2.24) is 9.80 Å². The summed E-state index contributed by atoms with van der Waals surface area (Å²) in [6.07, 6.45) is 3.95. The molecule has 20 heavy (non-hydrogen) atoms. The SMILES string of the molecule is CN(C)C(=O)c1cccc(NC2CCN(C3CC3)C2)c1. The van der Waals surface area contributed by atoms with Crippen molar-refractivity contribution in [2.24, 2.45) is 0 Å². The molecule has 1 saturated carbocycles. The molecule has 1 unspecified atom stereocenters. The van der Waals surface area contributed by atoms with E-state index in [0.29, 0.717) is 6.04 Å². The summed E-state index contributed by atoms with van der Waals surface area (Å²) in [5.74, 6) is 0.0553. The molecule has 1 aliphatic heterocycles. The zero-order valence-corrected chi connectivity index (χ0v) is 12.3. The molecule has 1 heterocycles. The van der Waals surface area contributed by atoms with Gasteiger partial charge in [0.15, 0.2) is 0 Å². The first kappa shape index (κ1) is 13.4. The van der Waals surface area contributed by atoms with Crippen molar-refractivity contribution in [3.63, 3.8) is 0 Å². The van der Waals surface area contributed by atoms with Gasteiger partial charge in [0.25, 0.3) is 5.91 Å². The number of hydrogen-bond acceptors (Lipinski definition) is 3. The minimum absolute atomic E-state index is 0.0553. The Balaban J connectivity index is 1.62. The number of nitrogens with one attached hydrogen (secondary N) is 1. The molecule has 1 amide bonds. The van der Waals surface area contributed by atoms with E-state index in [9.17, 15) is 4.79 Å². The van der Waals surface area contributed by atoms with E-state index in [0.717, 1.165) is 23.8 Å². The Kier molecular flexibility index (Phi) is 3.66. The Hall–Kier alpha value is -1.55. The van der Waals surface area contributed by atoms with Gasteiger partial charge in [-0.3, -0.25) is 9.69 Å². The van der Waals surface area contributed by atoms with Crippen LogP contribution in [0.15, 0.2) is 24.3 Å². The Morgan fingerprint density at radius 3 is 2.80 bits per heavy atom. The van der Waals surface area contributed by atoms with E-state index < -0.39 is 0 Å². The van der Waals surface area contributed by atoms with Crippen LogP contribution in [0.1, 0.15) is 29.6 Å². The molecule has 3 rings (SSSR count). The van der Waals surface area contributed by atoms with E-state index in [1.165, 1.54) is 25.8 Å². The third kappa shape index (κ3) is 2.96. The quantitative estimate of drug-likeness (QED) is 0.912. The summed E-state index contributed by atoms with van der Waals surface area (Å²) >= 11 is 0. The Bertz CT molecular complexity index is 496. The van der Waals surface area contributed by atoms with Gasteiger partial charge in [-0.25, -0.2) is 0 Å². The van der Waals surface area contributed by atoms with E-state index >= 15 is 0 Å². The zero-order valence-electron chi connectivity index (χ0n) is 12.3. The molecule has 1 aromatic rings. The van der Waals surface area contributed by atoms with E-state index in [1.54, 1.807) is 19.0 Å². The fourth-order valence-electron chi connectivity index (χ4n) is 2.91. The van der Waals surface area contributed by atoms with Crippen molar-refractivity contribution < 1.29 is 4.79 Å². The number of hydrogen-bond donors (Lipinski definition) is 1. The van der Waals surface area contributed by atoms with Gasteiger partial charge in [-0.2, -0.15) is 0 Å². The topological polar surface area (TPSA) is 35.6 Å². The highest BCUT2D eigenvalue weighted by Crippen LogP contribution is 2.30. The van der Waals surface area contributed by atoms with E-state index in [4.69, 9.17) is 0 Å². The first-order valence-electron chi connectivity index (χ1n) is 7.46. The lowest BCUT2D eigenvalue weighted by Gasteiger charge is -2.17. The van der Waals surface area contributed by atoms with Crippen LogP contribution in [-0.4, -0.2) is 55.0 Å². The van der Waals surface area contributed by atoms with Crippen molar-refractivity contribution in [3.8, 4) is 0 Å². The molecule has 1 saturated heterocycles. The molecule has 0 aromatic heterocycles. The average molecular weight is 273 g/mol. The first-order valence-corrected chi connectivity index (χ1v) is 7.46. The first-order chi connectivity index (χ1) is 9.63. The third-order valence-electron chi connectivity index (χ3n) is 4.17. The van der Waals surface area contributed by atoms with Crippen LogP contribution in [0.5, 0.6) is 0 Å². The van der Waals surface area contributed by atoms with Gasteiger partial charge in [0.2, 0.25) is 0 Å². The van der Waals surface area contributed by atoms with Crippen molar-refractivity contribution >= 4 is 11.6 Å². The van der Waals surface area contributed by atoms with Gasteiger partial charge in [-0.05, 0) is 37.5 Å². The fourth-order valence-corrected chi connectivity index (χ4v) is 2.91. The van der Waals surface area contributed by atoms with Gasteiger partial charge in [0.05, 0.1) is 0 Å². The van der Waals surface area contributed by atoms with E-state index in [2.05, 4.69) is 10.2 Å². The number of carbonyl (C=O) groups excluding carboxylic acids is 1. The molecule has 4 nitrogen and oxygen atoms in total. The summed E-state index contributed by atoms with van der Waals surface area (Å²) in [6, 6.07) is 9.20. The van der Waals surface area contributed by atoms with Crippen LogP contribution in [0, 0.1) is 0 Å². The summed E-state index contributed by atoms with van der Waals surface area (Å²) in [6.45, 7) is 2.34. The summed E-state index contributed by atoms with van der Waals surface area (Å²) < 4.78 is 0. The molecule has 0 radical (unpaired) electrons. The molecule has 1 N–H and O–H groups in total. The number of amides is 1. The highest BCUT2D eigenvalue weighted by Gasteiger charge is 2.34. The molecular formula is C16H23N3O. The minimum Gasteiger partial charge on any atom is -0.381 e. The van der Waals surface area contributed by atoms with Crippen LogP contribution in [-0.2, 0) is 0 Å². The summed E-state index contributed by atoms with van der Waals surface area (Å²) in [5.41, 5.74) is 1.80. The van der Waals surface area contributed by atoms with Gasteiger partial charge in [0, 0.05) is 50.5 Å². The lowest BCUT2D eigenvalue weighted by molar-refractivity contribution is 0.0827. The molecule has 1 aromatic carbocycles. The third-order valence-corrected chi connectivity index (χ3v) is 4.17. The maximum absolute atomic E-state index is 12.0. The van der Waals surface area contributed by atoms with Crippen molar-refractivity contribution in [3.05, 3.63) is 29.8 Å². The maximum atomic E-state index is 12.0. The van der Waals surface area contributed by atoms with Crippen LogP contribution in [0.3, 0.4) is 0 Å². The lowest BCUT2D eigenvalue weighted by Crippen LogP contribution is -2.28. The molecule has 1 aliphatic carbocycles. The number of nitrogens with zero attached hydrogens (tertiary/aromatic N) is 2. The van der Waals surface area contributed by atoms with Gasteiger partial charge < -0.3 is 10.2 Å². The smallest absolute Gasteiger partial charge is 0.253 e. The predicted octanol–water partition coefficient (Wildman–Crippen LogP) is 2.04. The molecule has 4 heteroatoms. The molecule has 2 aliphatic rings. The average Bonchev–Trinajstić information content (AvgIpc) is 3.19. The largest absolute Gasteiger partial charge is 0.381 e. The van der Waals surface area contributed by atoms with Gasteiger partial charge in [0.1, 0.15) is 0 Å². The zero-order chi connectivity index (χ0) is 14.1. The summed E-state index contributed by atoms with van der Waals surface area (Å²) in [5, 5.41) is 3.58. The lowest BCUT2D eigenvalue weighted by atomic mass is 10.1. The molecule has 2 fully saturated rings. The normalized spacial score (nSPS) is 22.8. The number of anilines is 1. The second-order valence-electron chi connectivity index (χ2n) is 6.14. The molecule has 108 valence electrons. The minimum atomic E-state index is 0.0553. The maximum Gasteiger partial charge on any atom is 0.253 e. The number of likely N-dealkylation sites (tertiary alicyclic amines) is 1. The van der Waals surface area contributed by atoms with Crippen molar-refractivity contribution in [2.75, 3.05) is 32.5 Å². The number of carbonyl (C=O) groups is 1. The second-order valence-corrected chi connectivity index (χ2v) is 6.14. The molecule has 1 atom stereocenters. The van der Waals surface area contributed by atoms with Crippen LogP contribution < -0.4 is 5.32 Å². The van der Waals surface area contributed by atoms with E-state index in [1.807, 2.05) is 24.3 Å². The number of benzene rings is 1. The van der Waals surface area contributed by atoms with Gasteiger partial charge >= 0.3 is 0 Å². The predicted molar refractivity (Wildman–Crippen MR) is 81.1 cm³/mol. The van der Waals surface area contributed by atoms with E-state index in [-0.39, 0.29) is 5.91 Å². The highest BCUT2D eigenvalue weighted by atomic mass is 16.2. The Morgan fingerprint density at radius 2 is 2.10 bits per heavy atom. The van der Waals surface area contributed by atoms with Gasteiger partial charge in [-0.15, -0.1) is 0 Å². The Morgan fingerprint density at radius 1 is 1.30 bits per heavy atom. The van der Waals surface area contributed by atoms with Crippen LogP contribution in [0.25, 0.3) is 0 Å². The summed E-state index contributed by atoms with van der Waals surface area (Å²) in [7, 11) is 3.57. The van der Waals surface area contributed by atoms with Crippen molar-refractivity contribution in [2.45, 2.75) is 31.3 Å². The van der Waals surface area contributed by atoms with Crippen LogP contribution in [0.4, 0.5) is 5.69 Å². The number of rotatable bonds is 4. The van der Waals surface area contributed by atoms with Crippen LogP contribution >= 0.6 is 0 Å². The summed E-state index contributed by atoms with van der Waals surface area (Å²) in [4.78, 5) is 16.2. The second kappa shape index (κ2) is 5.44. The van der Waals surface area contributed by atoms with Crippen LogP contribution in [0.2, 0.25) is 0 Å². The molecule has 0 bridgehead atoms. The Labute approximate surface area is 120 Å². The molecule has 0 spiro atoms. The monoisotopic (exact) mass is 273 g/mol. The fraction of sp³-hybridized carbons (Fsp3) is 0.562. The molecular weight excluding hydrogens is 250 g/mol. The highest BCUT2D eigenvalue weighted by molar-refractivity contribution is 5.94.